The SMILES string of the molecule is CC(C)n1c(C(F)(F)F)nc2cc(C(=O)N[C@H]3CC[C@@H](C(=O)O)C3)ccc21. The molecular weight excluding hydrogens is 363 g/mol. The van der Waals surface area contributed by atoms with E-state index >= 15 is 0 Å². The van der Waals surface area contributed by atoms with Crippen LogP contribution in [0, 0.1) is 5.92 Å². The van der Waals surface area contributed by atoms with Crippen LogP contribution in [0.1, 0.15) is 55.3 Å². The molecule has 3 rings (SSSR count). The van der Waals surface area contributed by atoms with Crippen LogP contribution < -0.4 is 5.32 Å². The van der Waals surface area contributed by atoms with Crippen LogP contribution in [0.25, 0.3) is 11.0 Å². The number of aromatic nitrogens is 2. The van der Waals surface area contributed by atoms with E-state index in [1.807, 2.05) is 0 Å². The Morgan fingerprint density at radius 1 is 1.30 bits per heavy atom. The van der Waals surface area contributed by atoms with Crippen LogP contribution in [0.5, 0.6) is 0 Å². The Kier molecular flexibility index (Phi) is 4.88. The highest BCUT2D eigenvalue weighted by atomic mass is 19.4. The predicted molar refractivity (Wildman–Crippen MR) is 91.4 cm³/mol. The number of halogens is 3. The molecule has 0 unspecified atom stereocenters. The van der Waals surface area contributed by atoms with E-state index in [0.29, 0.717) is 24.8 Å². The Labute approximate surface area is 153 Å². The van der Waals surface area contributed by atoms with Crippen molar-refractivity contribution in [2.45, 2.75) is 51.4 Å². The fourth-order valence-corrected chi connectivity index (χ4v) is 3.57. The quantitative estimate of drug-likeness (QED) is 0.845. The standard InChI is InChI=1S/C18H20F3N3O3/c1-9(2)24-14-6-4-10(8-13(14)23-17(24)18(19,20)21)15(25)22-12-5-3-11(7-12)16(26)27/h4,6,8-9,11-12H,3,5,7H2,1-2H3,(H,22,25)(H,26,27)/t11-,12+/m1/s1. The largest absolute Gasteiger partial charge is 0.481 e. The van der Waals surface area contributed by atoms with Crippen LogP contribution in [0.2, 0.25) is 0 Å². The molecule has 1 aromatic heterocycles. The molecule has 1 aromatic carbocycles. The zero-order chi connectivity index (χ0) is 19.9. The average molecular weight is 383 g/mol. The number of nitrogens with zero attached hydrogens (tertiary/aromatic N) is 2. The number of benzene rings is 1. The molecule has 6 nitrogen and oxygen atoms in total. The van der Waals surface area contributed by atoms with Crippen molar-refractivity contribution in [1.29, 1.82) is 0 Å². The summed E-state index contributed by atoms with van der Waals surface area (Å²) < 4.78 is 40.9. The van der Waals surface area contributed by atoms with Gasteiger partial charge >= 0.3 is 12.1 Å². The number of amides is 1. The molecule has 0 aliphatic heterocycles. The molecular formula is C18H20F3N3O3. The van der Waals surface area contributed by atoms with E-state index in [1.165, 1.54) is 18.2 Å². The van der Waals surface area contributed by atoms with E-state index < -0.39 is 35.8 Å². The maximum atomic E-state index is 13.3. The van der Waals surface area contributed by atoms with Crippen LogP contribution >= 0.6 is 0 Å². The highest BCUT2D eigenvalue weighted by molar-refractivity contribution is 5.97. The zero-order valence-electron chi connectivity index (χ0n) is 14.9. The van der Waals surface area contributed by atoms with E-state index in [9.17, 15) is 22.8 Å². The van der Waals surface area contributed by atoms with E-state index in [4.69, 9.17) is 5.11 Å². The summed E-state index contributed by atoms with van der Waals surface area (Å²) in [6, 6.07) is 3.55. The first-order valence-corrected chi connectivity index (χ1v) is 8.70. The smallest absolute Gasteiger partial charge is 0.449 e. The predicted octanol–water partition coefficient (Wildman–Crippen LogP) is 3.62. The van der Waals surface area contributed by atoms with Gasteiger partial charge in [-0.1, -0.05) is 0 Å². The van der Waals surface area contributed by atoms with Gasteiger partial charge in [-0.2, -0.15) is 13.2 Å². The normalized spacial score (nSPS) is 20.4. The molecule has 2 N–H and O–H groups in total. The van der Waals surface area contributed by atoms with Gasteiger partial charge in [0.25, 0.3) is 5.91 Å². The number of carbonyl (C=O) groups is 2. The van der Waals surface area contributed by atoms with Crippen molar-refractivity contribution in [3.05, 3.63) is 29.6 Å². The van der Waals surface area contributed by atoms with Gasteiger partial charge in [-0.15, -0.1) is 0 Å². The number of imidazole rings is 1. The van der Waals surface area contributed by atoms with Crippen LogP contribution in [0.4, 0.5) is 13.2 Å². The Hall–Kier alpha value is -2.58. The molecule has 0 radical (unpaired) electrons. The van der Waals surface area contributed by atoms with E-state index in [0.717, 1.165) is 4.57 Å². The molecule has 1 fully saturated rings. The third kappa shape index (κ3) is 3.77. The van der Waals surface area contributed by atoms with Crippen LogP contribution in [0.15, 0.2) is 18.2 Å². The number of rotatable bonds is 4. The Bertz CT molecular complexity index is 889. The van der Waals surface area contributed by atoms with Gasteiger partial charge in [-0.3, -0.25) is 9.59 Å². The number of nitrogens with one attached hydrogen (secondary N) is 1. The number of hydrogen-bond donors (Lipinski definition) is 2. The number of hydrogen-bond acceptors (Lipinski definition) is 3. The number of carbonyl (C=O) groups excluding carboxylic acids is 1. The molecule has 1 amide bonds. The fraction of sp³-hybridized carbons (Fsp3) is 0.500. The van der Waals surface area contributed by atoms with Crippen molar-refractivity contribution in [1.82, 2.24) is 14.9 Å². The Morgan fingerprint density at radius 2 is 2.00 bits per heavy atom. The van der Waals surface area contributed by atoms with Crippen molar-refractivity contribution in [2.24, 2.45) is 5.92 Å². The van der Waals surface area contributed by atoms with Gasteiger partial charge in [0, 0.05) is 17.6 Å². The van der Waals surface area contributed by atoms with Gasteiger partial charge in [-0.25, -0.2) is 4.98 Å². The molecule has 0 saturated heterocycles. The van der Waals surface area contributed by atoms with E-state index in [-0.39, 0.29) is 17.1 Å². The first-order chi connectivity index (χ1) is 12.6. The minimum absolute atomic E-state index is 0.0958. The zero-order valence-corrected chi connectivity index (χ0v) is 14.9. The van der Waals surface area contributed by atoms with Gasteiger partial charge in [0.1, 0.15) is 0 Å². The summed E-state index contributed by atoms with van der Waals surface area (Å²) in [4.78, 5) is 27.1. The highest BCUT2D eigenvalue weighted by Crippen LogP contribution is 2.34. The lowest BCUT2D eigenvalue weighted by Crippen LogP contribution is -2.33. The molecule has 1 aliphatic carbocycles. The number of alkyl halides is 3. The minimum Gasteiger partial charge on any atom is -0.481 e. The molecule has 27 heavy (non-hydrogen) atoms. The number of carboxylic acid groups (broad SMARTS) is 1. The van der Waals surface area contributed by atoms with Crippen molar-refractivity contribution in [3.8, 4) is 0 Å². The summed E-state index contributed by atoms with van der Waals surface area (Å²) in [6.07, 6.45) is -3.19. The second kappa shape index (κ2) is 6.86. The molecule has 9 heteroatoms. The van der Waals surface area contributed by atoms with Crippen LogP contribution in [-0.2, 0) is 11.0 Å². The average Bonchev–Trinajstić information content (AvgIpc) is 3.17. The lowest BCUT2D eigenvalue weighted by Gasteiger charge is -2.15. The first-order valence-electron chi connectivity index (χ1n) is 8.70. The second-order valence-electron chi connectivity index (χ2n) is 7.12. The van der Waals surface area contributed by atoms with E-state index in [2.05, 4.69) is 10.3 Å². The van der Waals surface area contributed by atoms with Crippen molar-refractivity contribution in [3.63, 3.8) is 0 Å². The first kappa shape index (κ1) is 19.2. The fourth-order valence-electron chi connectivity index (χ4n) is 3.57. The van der Waals surface area contributed by atoms with E-state index in [1.54, 1.807) is 13.8 Å². The summed E-state index contributed by atoms with van der Waals surface area (Å²) in [5.41, 5.74) is 0.600. The Morgan fingerprint density at radius 3 is 2.56 bits per heavy atom. The van der Waals surface area contributed by atoms with Gasteiger partial charge < -0.3 is 15.0 Å². The topological polar surface area (TPSA) is 84.2 Å². The van der Waals surface area contributed by atoms with Gasteiger partial charge in [-0.05, 0) is 51.3 Å². The van der Waals surface area contributed by atoms with Gasteiger partial charge in [0.15, 0.2) is 0 Å². The summed E-state index contributed by atoms with van der Waals surface area (Å²) >= 11 is 0. The Balaban J connectivity index is 1.86. The molecule has 1 aliphatic rings. The molecule has 1 saturated carbocycles. The molecule has 2 atom stereocenters. The molecule has 1 heterocycles. The molecule has 0 spiro atoms. The minimum atomic E-state index is -4.60. The number of fused-ring (bicyclic) bond motifs is 1. The van der Waals surface area contributed by atoms with Crippen molar-refractivity contribution < 1.29 is 27.9 Å². The maximum absolute atomic E-state index is 13.3. The lowest BCUT2D eigenvalue weighted by molar-refractivity contribution is -0.147. The second-order valence-corrected chi connectivity index (χ2v) is 7.12. The number of aliphatic carboxylic acids is 1. The van der Waals surface area contributed by atoms with Crippen molar-refractivity contribution >= 4 is 22.9 Å². The molecule has 146 valence electrons. The highest BCUT2D eigenvalue weighted by Gasteiger charge is 2.38. The number of carboxylic acids is 1. The maximum Gasteiger partial charge on any atom is 0.449 e. The van der Waals surface area contributed by atoms with Crippen LogP contribution in [0.3, 0.4) is 0 Å². The summed E-state index contributed by atoms with van der Waals surface area (Å²) in [7, 11) is 0. The lowest BCUT2D eigenvalue weighted by atomic mass is 10.1. The van der Waals surface area contributed by atoms with Crippen molar-refractivity contribution in [2.75, 3.05) is 0 Å². The van der Waals surface area contributed by atoms with Crippen LogP contribution in [-0.4, -0.2) is 32.6 Å². The molecule has 0 bridgehead atoms. The third-order valence-corrected chi connectivity index (χ3v) is 4.84. The third-order valence-electron chi connectivity index (χ3n) is 4.84. The summed E-state index contributed by atoms with van der Waals surface area (Å²) in [5.74, 6) is -2.80. The van der Waals surface area contributed by atoms with Gasteiger partial charge in [0.05, 0.1) is 17.0 Å². The summed E-state index contributed by atoms with van der Waals surface area (Å²) in [6.45, 7) is 3.27. The van der Waals surface area contributed by atoms with Gasteiger partial charge in [0.2, 0.25) is 5.82 Å². The summed E-state index contributed by atoms with van der Waals surface area (Å²) in [5, 5.41) is 11.8. The monoisotopic (exact) mass is 383 g/mol. The molecule has 2 aromatic rings.